The van der Waals surface area contributed by atoms with Crippen molar-refractivity contribution in [1.29, 1.82) is 0 Å². The molecular weight excluding hydrogens is 1060 g/mol. The van der Waals surface area contributed by atoms with E-state index >= 15 is 0 Å². The van der Waals surface area contributed by atoms with E-state index in [9.17, 15) is 0 Å². The summed E-state index contributed by atoms with van der Waals surface area (Å²) in [6.07, 6.45) is 0. The van der Waals surface area contributed by atoms with Gasteiger partial charge in [-0.3, -0.25) is 0 Å². The lowest BCUT2D eigenvalue weighted by atomic mass is 9.71. The van der Waals surface area contributed by atoms with Gasteiger partial charge in [-0.05, 0) is 162 Å². The lowest BCUT2D eigenvalue weighted by Gasteiger charge is -2.32. The molecule has 1 unspecified atom stereocenters. The Kier molecular flexibility index (Phi) is 12.0. The van der Waals surface area contributed by atoms with Gasteiger partial charge in [-0.2, -0.15) is 0 Å². The topological polar surface area (TPSA) is 8.17 Å². The Hall–Kier alpha value is -11.3. The monoisotopic (exact) mass is 1120 g/mol. The Bertz CT molecular complexity index is 5140. The maximum Gasteiger partial charge on any atom is 0.0623 e. The second-order valence-corrected chi connectivity index (χ2v) is 23.6. The summed E-state index contributed by atoms with van der Waals surface area (Å²) < 4.78 is 2.58. The zero-order valence-electron chi connectivity index (χ0n) is 48.6. The number of fused-ring (bicyclic) bond motifs is 6. The van der Waals surface area contributed by atoms with Gasteiger partial charge in [0.1, 0.15) is 0 Å². The second kappa shape index (κ2) is 20.7. The van der Waals surface area contributed by atoms with E-state index in [1.165, 1.54) is 88.7 Å². The molecule has 2 heteroatoms. The molecule has 2 aliphatic rings. The van der Waals surface area contributed by atoms with Crippen LogP contribution >= 0.6 is 0 Å². The third-order valence-electron chi connectivity index (χ3n) is 18.7. The third-order valence-corrected chi connectivity index (χ3v) is 18.7. The fourth-order valence-corrected chi connectivity index (χ4v) is 14.8. The molecule has 2 heterocycles. The minimum Gasteiger partial charge on any atom is -0.309 e. The van der Waals surface area contributed by atoms with E-state index < -0.39 is 5.41 Å². The average molecular weight is 1120 g/mol. The fraction of sp³-hybridized carbons (Fsp3) is 0.0233. The molecular formula is C86H58N2. The Morgan fingerprint density at radius 1 is 0.284 bits per heavy atom. The van der Waals surface area contributed by atoms with Crippen LogP contribution in [0.15, 0.2) is 334 Å². The summed E-state index contributed by atoms with van der Waals surface area (Å²) in [7, 11) is 0. The number of hydrogen-bond acceptors (Lipinski definition) is 1. The summed E-state index contributed by atoms with van der Waals surface area (Å²) in [5.74, 6) is 0. The van der Waals surface area contributed by atoms with Crippen LogP contribution in [0.2, 0.25) is 0 Å². The standard InChI is InChI=1S/C86H58N2/c1-86(67-40-24-37-62(53-67)57-27-7-2-8-28-57)76-46-25-45-73-71-42-18-21-48-78(71)88-79-49-22-19-43-72(79)75-56-74(84(86)83(82(73)76)85(75)88)64-39-23-38-63(51-64)69-41-17-20-47-77(69)87(68-54-65(58-29-9-3-10-30-58)52-66(55-68)59-31-11-4-12-32-59)80-50-26-44-70(60-33-13-5-14-34-60)81(80)61-35-15-6-16-36-61/h2-56H,1H3. The molecule has 0 fully saturated rings. The van der Waals surface area contributed by atoms with Gasteiger partial charge in [-0.15, -0.1) is 0 Å². The zero-order chi connectivity index (χ0) is 58.3. The number of nitrogens with zero attached hydrogens (tertiary/aromatic N) is 2. The first kappa shape index (κ1) is 51.1. The zero-order valence-corrected chi connectivity index (χ0v) is 48.6. The summed E-state index contributed by atoms with van der Waals surface area (Å²) in [4.78, 5) is 2.54. The normalized spacial score (nSPS) is 13.6. The number of aromatic nitrogens is 1. The van der Waals surface area contributed by atoms with Gasteiger partial charge in [0.2, 0.25) is 0 Å². The molecule has 0 N–H and O–H groups in total. The Labute approximate surface area is 513 Å². The molecule has 15 aromatic rings. The molecule has 88 heavy (non-hydrogen) atoms. The number of hydrogen-bond donors (Lipinski definition) is 0. The van der Waals surface area contributed by atoms with Gasteiger partial charge >= 0.3 is 0 Å². The van der Waals surface area contributed by atoms with Crippen molar-refractivity contribution in [3.8, 4) is 106 Å². The van der Waals surface area contributed by atoms with Gasteiger partial charge < -0.3 is 9.47 Å². The highest BCUT2D eigenvalue weighted by atomic mass is 15.1. The Balaban J connectivity index is 0.943. The number of rotatable bonds is 11. The number of para-hydroxylation sites is 3. The first-order chi connectivity index (χ1) is 43.6. The van der Waals surface area contributed by atoms with Crippen LogP contribution in [0.1, 0.15) is 23.6 Å². The van der Waals surface area contributed by atoms with E-state index in [0.717, 1.165) is 72.7 Å². The maximum atomic E-state index is 2.58. The highest BCUT2D eigenvalue weighted by Crippen LogP contribution is 2.63. The molecule has 0 bridgehead atoms. The molecule has 412 valence electrons. The lowest BCUT2D eigenvalue weighted by Crippen LogP contribution is -2.23. The molecule has 2 nitrogen and oxygen atoms in total. The predicted octanol–water partition coefficient (Wildman–Crippen LogP) is 23.2. The van der Waals surface area contributed by atoms with Crippen LogP contribution in [0.3, 0.4) is 0 Å². The van der Waals surface area contributed by atoms with Crippen molar-refractivity contribution < 1.29 is 0 Å². The Morgan fingerprint density at radius 2 is 0.773 bits per heavy atom. The number of benzene rings is 14. The van der Waals surface area contributed by atoms with E-state index in [1.54, 1.807) is 0 Å². The molecule has 0 amide bonds. The van der Waals surface area contributed by atoms with Crippen LogP contribution in [0, 0.1) is 0 Å². The second-order valence-electron chi connectivity index (χ2n) is 23.6. The van der Waals surface area contributed by atoms with Crippen LogP contribution in [0.4, 0.5) is 17.1 Å². The van der Waals surface area contributed by atoms with E-state index in [2.05, 4.69) is 350 Å². The fourth-order valence-electron chi connectivity index (χ4n) is 14.8. The molecule has 14 aromatic carbocycles. The van der Waals surface area contributed by atoms with Crippen molar-refractivity contribution >= 4 is 38.9 Å². The largest absolute Gasteiger partial charge is 0.309 e. The summed E-state index contributed by atoms with van der Waals surface area (Å²) in [5, 5.41) is 2.49. The van der Waals surface area contributed by atoms with E-state index in [-0.39, 0.29) is 0 Å². The molecule has 1 atom stereocenters. The van der Waals surface area contributed by atoms with E-state index in [1.807, 2.05) is 0 Å². The summed E-state index contributed by atoms with van der Waals surface area (Å²) in [5.41, 5.74) is 31.6. The molecule has 0 saturated carbocycles. The molecule has 0 radical (unpaired) electrons. The molecule has 17 rings (SSSR count). The van der Waals surface area contributed by atoms with Crippen LogP contribution in [-0.2, 0) is 5.41 Å². The summed E-state index contributed by atoms with van der Waals surface area (Å²) in [6, 6.07) is 124. The third kappa shape index (κ3) is 8.10. The van der Waals surface area contributed by atoms with Crippen LogP contribution in [0.25, 0.3) is 128 Å². The quantitative estimate of drug-likeness (QED) is 0.125. The molecule has 0 spiro atoms. The molecule has 1 aliphatic heterocycles. The average Bonchev–Trinajstić information content (AvgIpc) is 1.52. The SMILES string of the molecule is CC1(c2cccc(-c3ccccc3)c2)c2cccc3c2-c2c1c(-c1cccc(-c4ccccc4N(c4cc(-c5ccccc5)cc(-c5ccccc5)c4)c4cccc(-c5ccccc5)c4-c4ccccc4)c1)cc1c4ccccc4n(c21)-c1ccccc1-3. The van der Waals surface area contributed by atoms with E-state index in [0.29, 0.717) is 0 Å². The molecule has 1 aromatic heterocycles. The van der Waals surface area contributed by atoms with Crippen molar-refractivity contribution in [2.24, 2.45) is 0 Å². The summed E-state index contributed by atoms with van der Waals surface area (Å²) >= 11 is 0. The van der Waals surface area contributed by atoms with Crippen LogP contribution in [0.5, 0.6) is 0 Å². The van der Waals surface area contributed by atoms with Gasteiger partial charge in [0.05, 0.1) is 28.1 Å². The molecule has 0 saturated heterocycles. The van der Waals surface area contributed by atoms with Crippen LogP contribution in [-0.4, -0.2) is 4.57 Å². The first-order valence-corrected chi connectivity index (χ1v) is 30.6. The minimum atomic E-state index is -0.564. The Morgan fingerprint density at radius 3 is 1.48 bits per heavy atom. The van der Waals surface area contributed by atoms with Crippen LogP contribution < -0.4 is 4.90 Å². The van der Waals surface area contributed by atoms with Crippen molar-refractivity contribution in [2.45, 2.75) is 12.3 Å². The van der Waals surface area contributed by atoms with Crippen molar-refractivity contribution in [3.63, 3.8) is 0 Å². The highest BCUT2D eigenvalue weighted by molar-refractivity contribution is 6.21. The minimum absolute atomic E-state index is 0.564. The predicted molar refractivity (Wildman–Crippen MR) is 370 cm³/mol. The summed E-state index contributed by atoms with van der Waals surface area (Å²) in [6.45, 7) is 2.50. The maximum absolute atomic E-state index is 2.58. The van der Waals surface area contributed by atoms with Gasteiger partial charge in [-0.25, -0.2) is 0 Å². The van der Waals surface area contributed by atoms with Crippen molar-refractivity contribution in [2.75, 3.05) is 4.90 Å². The van der Waals surface area contributed by atoms with Gasteiger partial charge in [0.15, 0.2) is 0 Å². The van der Waals surface area contributed by atoms with Crippen molar-refractivity contribution in [1.82, 2.24) is 4.57 Å². The lowest BCUT2D eigenvalue weighted by molar-refractivity contribution is 0.716. The van der Waals surface area contributed by atoms with Gasteiger partial charge in [0.25, 0.3) is 0 Å². The number of anilines is 3. The van der Waals surface area contributed by atoms with Gasteiger partial charge in [-0.1, -0.05) is 273 Å². The van der Waals surface area contributed by atoms with Gasteiger partial charge in [0, 0.05) is 44.1 Å². The van der Waals surface area contributed by atoms with E-state index in [4.69, 9.17) is 0 Å². The van der Waals surface area contributed by atoms with Crippen molar-refractivity contribution in [3.05, 3.63) is 350 Å². The highest BCUT2D eigenvalue weighted by Gasteiger charge is 2.47. The smallest absolute Gasteiger partial charge is 0.0623 e. The first-order valence-electron chi connectivity index (χ1n) is 30.6. The molecule has 1 aliphatic carbocycles.